The van der Waals surface area contributed by atoms with E-state index in [1.807, 2.05) is 6.07 Å². The highest BCUT2D eigenvalue weighted by Gasteiger charge is 2.37. The summed E-state index contributed by atoms with van der Waals surface area (Å²) in [5.41, 5.74) is 12.4. The van der Waals surface area contributed by atoms with Crippen LogP contribution in [0.2, 0.25) is 0 Å². The van der Waals surface area contributed by atoms with E-state index in [2.05, 4.69) is 66.8 Å². The van der Waals surface area contributed by atoms with Crippen molar-refractivity contribution in [3.8, 4) is 11.1 Å². The molecule has 2 N–H and O–H groups in total. The zero-order valence-corrected chi connectivity index (χ0v) is 12.1. The topological polar surface area (TPSA) is 26.0 Å². The molecule has 3 rings (SSSR count). The van der Waals surface area contributed by atoms with Crippen LogP contribution in [-0.4, -0.2) is 0 Å². The van der Waals surface area contributed by atoms with E-state index in [9.17, 15) is 0 Å². The summed E-state index contributed by atoms with van der Waals surface area (Å²) < 4.78 is 1.28. The molecule has 0 bridgehead atoms. The fourth-order valence-corrected chi connectivity index (χ4v) is 3.58. The fraction of sp³-hybridized carbons (Fsp3) is 0.200. The van der Waals surface area contributed by atoms with E-state index in [1.54, 1.807) is 0 Å². The normalized spacial score (nSPS) is 15.5. The predicted molar refractivity (Wildman–Crippen MR) is 81.1 cm³/mol. The molecular weight excluding hydrogens is 321 g/mol. The summed E-state index contributed by atoms with van der Waals surface area (Å²) in [6.45, 7) is 4.54. The van der Waals surface area contributed by atoms with E-state index in [-0.39, 0.29) is 5.41 Å². The summed E-state index contributed by atoms with van der Waals surface area (Å²) in [6.07, 6.45) is 0. The molecule has 0 amide bonds. The number of benzene rings is 2. The minimum Gasteiger partial charge on any atom is -0.398 e. The van der Waals surface area contributed by atoms with Gasteiger partial charge in [-0.2, -0.15) is 0 Å². The molecule has 86 valence electrons. The zero-order valence-electron chi connectivity index (χ0n) is 9.92. The predicted octanol–water partition coefficient (Wildman–Crippen LogP) is 4.18. The van der Waals surface area contributed by atoms with Crippen molar-refractivity contribution in [2.75, 3.05) is 5.73 Å². The summed E-state index contributed by atoms with van der Waals surface area (Å²) in [5.74, 6) is 0. The minimum atomic E-state index is 0.0568. The van der Waals surface area contributed by atoms with Gasteiger partial charge in [0.05, 0.1) is 0 Å². The maximum absolute atomic E-state index is 6.17. The number of hydrogen-bond acceptors (Lipinski definition) is 1. The van der Waals surface area contributed by atoms with Crippen LogP contribution in [0, 0.1) is 3.57 Å². The maximum Gasteiger partial charge on any atom is 0.0397 e. The minimum absolute atomic E-state index is 0.0568. The van der Waals surface area contributed by atoms with E-state index >= 15 is 0 Å². The van der Waals surface area contributed by atoms with Crippen LogP contribution in [0.5, 0.6) is 0 Å². The Morgan fingerprint density at radius 2 is 1.53 bits per heavy atom. The summed E-state index contributed by atoms with van der Waals surface area (Å²) in [4.78, 5) is 0. The molecule has 0 heterocycles. The van der Waals surface area contributed by atoms with Crippen LogP contribution in [0.15, 0.2) is 36.4 Å². The number of fused-ring (bicyclic) bond motifs is 3. The van der Waals surface area contributed by atoms with Crippen LogP contribution in [0.25, 0.3) is 11.1 Å². The second-order valence-corrected chi connectivity index (χ2v) is 6.22. The van der Waals surface area contributed by atoms with Crippen LogP contribution >= 0.6 is 22.6 Å². The van der Waals surface area contributed by atoms with Gasteiger partial charge in [-0.3, -0.25) is 0 Å². The molecule has 17 heavy (non-hydrogen) atoms. The lowest BCUT2D eigenvalue weighted by Crippen LogP contribution is -2.14. The highest BCUT2D eigenvalue weighted by Crippen LogP contribution is 2.51. The largest absolute Gasteiger partial charge is 0.398 e. The van der Waals surface area contributed by atoms with Crippen LogP contribution in [-0.2, 0) is 5.41 Å². The van der Waals surface area contributed by atoms with E-state index in [0.29, 0.717) is 0 Å². The SMILES string of the molecule is CC1(C)c2cccc(N)c2-c2c(I)cccc21. The van der Waals surface area contributed by atoms with Crippen molar-refractivity contribution in [3.63, 3.8) is 0 Å². The molecule has 2 aromatic carbocycles. The molecule has 0 saturated carbocycles. The van der Waals surface area contributed by atoms with Crippen molar-refractivity contribution in [2.24, 2.45) is 0 Å². The lowest BCUT2D eigenvalue weighted by Gasteiger charge is -2.21. The van der Waals surface area contributed by atoms with Crippen molar-refractivity contribution >= 4 is 28.3 Å². The van der Waals surface area contributed by atoms with E-state index in [0.717, 1.165) is 5.69 Å². The summed E-state index contributed by atoms with van der Waals surface area (Å²) in [7, 11) is 0. The highest BCUT2D eigenvalue weighted by atomic mass is 127. The Balaban J connectivity index is 2.49. The third kappa shape index (κ3) is 1.36. The molecule has 0 aromatic heterocycles. The van der Waals surface area contributed by atoms with Crippen LogP contribution in [0.3, 0.4) is 0 Å². The summed E-state index contributed by atoms with van der Waals surface area (Å²) >= 11 is 2.40. The molecule has 0 saturated heterocycles. The number of anilines is 1. The number of halogens is 1. The van der Waals surface area contributed by atoms with Gasteiger partial charge < -0.3 is 5.73 Å². The average Bonchev–Trinajstić information content (AvgIpc) is 2.52. The lowest BCUT2D eigenvalue weighted by molar-refractivity contribution is 0.660. The molecule has 0 unspecified atom stereocenters. The van der Waals surface area contributed by atoms with E-state index in [1.165, 1.54) is 25.8 Å². The molecule has 0 atom stereocenters. The number of nitrogen functional groups attached to an aromatic ring is 1. The van der Waals surface area contributed by atoms with Gasteiger partial charge in [-0.05, 0) is 45.9 Å². The summed E-state index contributed by atoms with van der Waals surface area (Å²) in [5, 5.41) is 0. The third-order valence-corrected chi connectivity index (χ3v) is 4.61. The zero-order chi connectivity index (χ0) is 12.2. The smallest absolute Gasteiger partial charge is 0.0397 e. The lowest BCUT2D eigenvalue weighted by atomic mass is 9.82. The van der Waals surface area contributed by atoms with Gasteiger partial charge in [0.1, 0.15) is 0 Å². The molecule has 1 nitrogen and oxygen atoms in total. The molecule has 0 fully saturated rings. The Labute approximate surface area is 115 Å². The van der Waals surface area contributed by atoms with Gasteiger partial charge in [-0.1, -0.05) is 38.1 Å². The Bertz CT molecular complexity index is 561. The molecule has 1 aliphatic rings. The number of rotatable bonds is 0. The van der Waals surface area contributed by atoms with Gasteiger partial charge in [-0.25, -0.2) is 0 Å². The quantitative estimate of drug-likeness (QED) is 0.567. The van der Waals surface area contributed by atoms with Crippen LogP contribution in [0.1, 0.15) is 25.0 Å². The molecule has 0 aliphatic heterocycles. The van der Waals surface area contributed by atoms with Gasteiger partial charge in [0.25, 0.3) is 0 Å². The first-order chi connectivity index (χ1) is 8.03. The molecule has 2 heteroatoms. The molecule has 1 aliphatic carbocycles. The van der Waals surface area contributed by atoms with Gasteiger partial charge in [-0.15, -0.1) is 0 Å². The first-order valence-corrected chi connectivity index (χ1v) is 6.79. The van der Waals surface area contributed by atoms with Crippen molar-refractivity contribution in [1.29, 1.82) is 0 Å². The van der Waals surface area contributed by atoms with E-state index < -0.39 is 0 Å². The first-order valence-electron chi connectivity index (χ1n) is 5.72. The van der Waals surface area contributed by atoms with Crippen LogP contribution in [0.4, 0.5) is 5.69 Å². The maximum atomic E-state index is 6.17. The Morgan fingerprint density at radius 1 is 0.941 bits per heavy atom. The Morgan fingerprint density at radius 3 is 2.24 bits per heavy atom. The van der Waals surface area contributed by atoms with Gasteiger partial charge in [0.15, 0.2) is 0 Å². The molecule has 0 spiro atoms. The molecule has 2 aromatic rings. The van der Waals surface area contributed by atoms with Gasteiger partial charge in [0, 0.05) is 25.8 Å². The van der Waals surface area contributed by atoms with Crippen LogP contribution < -0.4 is 5.73 Å². The third-order valence-electron chi connectivity index (χ3n) is 3.71. The van der Waals surface area contributed by atoms with Gasteiger partial charge >= 0.3 is 0 Å². The van der Waals surface area contributed by atoms with Crippen molar-refractivity contribution < 1.29 is 0 Å². The van der Waals surface area contributed by atoms with E-state index in [4.69, 9.17) is 5.73 Å². The Kier molecular flexibility index (Phi) is 2.27. The van der Waals surface area contributed by atoms with Crippen molar-refractivity contribution in [2.45, 2.75) is 19.3 Å². The molecular formula is C15H14IN. The second-order valence-electron chi connectivity index (χ2n) is 5.06. The fourth-order valence-electron chi connectivity index (χ4n) is 2.81. The number of hydrogen-bond donors (Lipinski definition) is 1. The highest BCUT2D eigenvalue weighted by molar-refractivity contribution is 14.1. The Hall–Kier alpha value is -1.03. The second kappa shape index (κ2) is 3.48. The summed E-state index contributed by atoms with van der Waals surface area (Å²) in [6, 6.07) is 12.7. The van der Waals surface area contributed by atoms with Crippen molar-refractivity contribution in [3.05, 3.63) is 51.1 Å². The van der Waals surface area contributed by atoms with Crippen molar-refractivity contribution in [1.82, 2.24) is 0 Å². The first kappa shape index (κ1) is 11.1. The monoisotopic (exact) mass is 335 g/mol. The molecule has 0 radical (unpaired) electrons. The standard InChI is InChI=1S/C15H14IN/c1-15(2)9-5-3-7-11(16)13(9)14-10(15)6-4-8-12(14)17/h3-8H,17H2,1-2H3. The average molecular weight is 335 g/mol. The van der Waals surface area contributed by atoms with Gasteiger partial charge in [0.2, 0.25) is 0 Å². The number of nitrogens with two attached hydrogens (primary N) is 1.